The molecule has 3 rings (SSSR count). The van der Waals surface area contributed by atoms with Crippen LogP contribution in [0.3, 0.4) is 0 Å². The topological polar surface area (TPSA) is 24.9 Å². The fourth-order valence-corrected chi connectivity index (χ4v) is 3.61. The first kappa shape index (κ1) is 11.9. The average molecular weight is 258 g/mol. The minimum atomic E-state index is 0.413. The molecular weight excluding hydrogens is 240 g/mol. The van der Waals surface area contributed by atoms with E-state index in [1.54, 1.807) is 0 Å². The van der Waals surface area contributed by atoms with Gasteiger partial charge in [-0.25, -0.2) is 4.98 Å². The summed E-state index contributed by atoms with van der Waals surface area (Å²) >= 11 is 1.85. The number of hydrogen-bond donors (Lipinski definition) is 1. The molecule has 1 aliphatic carbocycles. The SMILES string of the molecule is CCNC(C)c1cnc(C2Cc3ccccc32)s1. The number of hydrogen-bond acceptors (Lipinski definition) is 3. The van der Waals surface area contributed by atoms with Crippen LogP contribution in [0.15, 0.2) is 30.5 Å². The normalized spacial score (nSPS) is 19.1. The van der Waals surface area contributed by atoms with Gasteiger partial charge in [-0.15, -0.1) is 11.3 Å². The lowest BCUT2D eigenvalue weighted by Crippen LogP contribution is -2.17. The predicted octanol–water partition coefficient (Wildman–Crippen LogP) is 3.50. The molecule has 2 nitrogen and oxygen atoms in total. The van der Waals surface area contributed by atoms with Gasteiger partial charge in [0, 0.05) is 23.0 Å². The molecule has 0 saturated heterocycles. The van der Waals surface area contributed by atoms with Crippen LogP contribution in [0.1, 0.15) is 46.8 Å². The second-order valence-electron chi connectivity index (χ2n) is 4.84. The van der Waals surface area contributed by atoms with Crippen molar-refractivity contribution in [2.45, 2.75) is 32.2 Å². The van der Waals surface area contributed by atoms with Crippen molar-refractivity contribution in [1.82, 2.24) is 10.3 Å². The van der Waals surface area contributed by atoms with Crippen LogP contribution in [0.2, 0.25) is 0 Å². The molecule has 2 unspecified atom stereocenters. The largest absolute Gasteiger partial charge is 0.310 e. The van der Waals surface area contributed by atoms with Crippen LogP contribution in [0.25, 0.3) is 0 Å². The first-order chi connectivity index (χ1) is 8.79. The molecule has 2 aromatic rings. The Bertz CT molecular complexity index is 547. The molecule has 0 amide bonds. The van der Waals surface area contributed by atoms with E-state index in [0.29, 0.717) is 12.0 Å². The monoisotopic (exact) mass is 258 g/mol. The highest BCUT2D eigenvalue weighted by molar-refractivity contribution is 7.11. The number of rotatable bonds is 4. The average Bonchev–Trinajstić information content (AvgIpc) is 2.80. The Balaban J connectivity index is 1.80. The molecule has 3 heteroatoms. The highest BCUT2D eigenvalue weighted by atomic mass is 32.1. The fourth-order valence-electron chi connectivity index (χ4n) is 2.55. The van der Waals surface area contributed by atoms with Crippen LogP contribution < -0.4 is 5.32 Å². The molecule has 18 heavy (non-hydrogen) atoms. The van der Waals surface area contributed by atoms with E-state index in [2.05, 4.69) is 48.4 Å². The van der Waals surface area contributed by atoms with Crippen LogP contribution in [0.4, 0.5) is 0 Å². The molecule has 0 radical (unpaired) electrons. The van der Waals surface area contributed by atoms with Crippen molar-refractivity contribution in [3.8, 4) is 0 Å². The summed E-state index contributed by atoms with van der Waals surface area (Å²) in [6, 6.07) is 9.12. The summed E-state index contributed by atoms with van der Waals surface area (Å²) in [5, 5.41) is 4.71. The third-order valence-corrected chi connectivity index (χ3v) is 4.92. The van der Waals surface area contributed by atoms with E-state index in [9.17, 15) is 0 Å². The number of benzene rings is 1. The van der Waals surface area contributed by atoms with Gasteiger partial charge in [0.25, 0.3) is 0 Å². The van der Waals surface area contributed by atoms with Gasteiger partial charge in [0.2, 0.25) is 0 Å². The van der Waals surface area contributed by atoms with Crippen molar-refractivity contribution in [3.63, 3.8) is 0 Å². The van der Waals surface area contributed by atoms with Crippen LogP contribution in [0.5, 0.6) is 0 Å². The predicted molar refractivity (Wildman–Crippen MR) is 76.2 cm³/mol. The molecule has 1 aliphatic rings. The summed E-state index contributed by atoms with van der Waals surface area (Å²) in [6.07, 6.45) is 3.19. The minimum Gasteiger partial charge on any atom is -0.310 e. The van der Waals surface area contributed by atoms with E-state index in [-0.39, 0.29) is 0 Å². The van der Waals surface area contributed by atoms with Gasteiger partial charge in [-0.3, -0.25) is 0 Å². The lowest BCUT2D eigenvalue weighted by Gasteiger charge is -2.28. The summed E-state index contributed by atoms with van der Waals surface area (Å²) in [5.74, 6) is 0.536. The second kappa shape index (κ2) is 4.82. The van der Waals surface area contributed by atoms with Gasteiger partial charge in [-0.2, -0.15) is 0 Å². The van der Waals surface area contributed by atoms with E-state index < -0.39 is 0 Å². The Kier molecular flexibility index (Phi) is 3.18. The van der Waals surface area contributed by atoms with E-state index in [1.807, 2.05) is 17.5 Å². The zero-order chi connectivity index (χ0) is 12.5. The molecule has 1 N–H and O–H groups in total. The third kappa shape index (κ3) is 1.98. The second-order valence-corrected chi connectivity index (χ2v) is 5.93. The summed E-state index contributed by atoms with van der Waals surface area (Å²) in [4.78, 5) is 5.96. The Morgan fingerprint density at radius 3 is 3.06 bits per heavy atom. The summed E-state index contributed by atoms with van der Waals surface area (Å²) < 4.78 is 0. The summed E-state index contributed by atoms with van der Waals surface area (Å²) in [6.45, 7) is 5.34. The third-order valence-electron chi connectivity index (χ3n) is 3.63. The smallest absolute Gasteiger partial charge is 0.101 e. The number of nitrogens with zero attached hydrogens (tertiary/aromatic N) is 1. The van der Waals surface area contributed by atoms with Crippen molar-refractivity contribution in [3.05, 3.63) is 51.5 Å². The molecule has 1 aromatic carbocycles. The van der Waals surface area contributed by atoms with Crippen LogP contribution >= 0.6 is 11.3 Å². The lowest BCUT2D eigenvalue weighted by molar-refractivity contribution is 0.606. The number of fused-ring (bicyclic) bond motifs is 1. The first-order valence-electron chi connectivity index (χ1n) is 6.56. The number of aromatic nitrogens is 1. The van der Waals surface area contributed by atoms with E-state index >= 15 is 0 Å². The molecule has 0 spiro atoms. The maximum atomic E-state index is 4.62. The molecule has 1 aromatic heterocycles. The zero-order valence-corrected chi connectivity index (χ0v) is 11.6. The number of thiazole rings is 1. The highest BCUT2D eigenvalue weighted by Gasteiger charge is 2.29. The lowest BCUT2D eigenvalue weighted by atomic mass is 9.78. The molecule has 0 saturated carbocycles. The van der Waals surface area contributed by atoms with E-state index in [4.69, 9.17) is 0 Å². The van der Waals surface area contributed by atoms with E-state index in [1.165, 1.54) is 21.0 Å². The summed E-state index contributed by atoms with van der Waals surface area (Å²) in [7, 11) is 0. The maximum absolute atomic E-state index is 4.62. The molecule has 2 atom stereocenters. The van der Waals surface area contributed by atoms with Gasteiger partial charge >= 0.3 is 0 Å². The zero-order valence-electron chi connectivity index (χ0n) is 10.8. The van der Waals surface area contributed by atoms with Crippen LogP contribution in [0, 0.1) is 0 Å². The van der Waals surface area contributed by atoms with Crippen molar-refractivity contribution in [1.29, 1.82) is 0 Å². The van der Waals surface area contributed by atoms with Gasteiger partial charge in [-0.1, -0.05) is 31.2 Å². The summed E-state index contributed by atoms with van der Waals surface area (Å²) in [5.41, 5.74) is 2.95. The van der Waals surface area contributed by atoms with Crippen molar-refractivity contribution in [2.24, 2.45) is 0 Å². The molecule has 1 heterocycles. The van der Waals surface area contributed by atoms with Gasteiger partial charge < -0.3 is 5.32 Å². The Morgan fingerprint density at radius 1 is 1.44 bits per heavy atom. The Morgan fingerprint density at radius 2 is 2.28 bits per heavy atom. The molecule has 0 bridgehead atoms. The highest BCUT2D eigenvalue weighted by Crippen LogP contribution is 2.41. The van der Waals surface area contributed by atoms with Gasteiger partial charge in [0.05, 0.1) is 0 Å². The van der Waals surface area contributed by atoms with Crippen molar-refractivity contribution in [2.75, 3.05) is 6.54 Å². The quantitative estimate of drug-likeness (QED) is 0.908. The fraction of sp³-hybridized carbons (Fsp3) is 0.400. The minimum absolute atomic E-state index is 0.413. The Hall–Kier alpha value is -1.19. The van der Waals surface area contributed by atoms with Gasteiger partial charge in [0.15, 0.2) is 0 Å². The first-order valence-corrected chi connectivity index (χ1v) is 7.38. The molecule has 0 aliphatic heterocycles. The van der Waals surface area contributed by atoms with Crippen molar-refractivity contribution >= 4 is 11.3 Å². The number of nitrogens with one attached hydrogen (secondary N) is 1. The molecular formula is C15H18N2S. The molecule has 94 valence electrons. The van der Waals surface area contributed by atoms with Crippen molar-refractivity contribution < 1.29 is 0 Å². The van der Waals surface area contributed by atoms with Gasteiger partial charge in [0.1, 0.15) is 5.01 Å². The van der Waals surface area contributed by atoms with Crippen LogP contribution in [-0.2, 0) is 6.42 Å². The van der Waals surface area contributed by atoms with Crippen LogP contribution in [-0.4, -0.2) is 11.5 Å². The maximum Gasteiger partial charge on any atom is 0.101 e. The molecule has 0 fully saturated rings. The van der Waals surface area contributed by atoms with Gasteiger partial charge in [-0.05, 0) is 31.0 Å². The Labute approximate surface area is 112 Å². The van der Waals surface area contributed by atoms with E-state index in [0.717, 1.165) is 13.0 Å². The standard InChI is InChI=1S/C15H18N2S/c1-3-16-10(2)14-9-17-15(18-14)13-8-11-6-4-5-7-12(11)13/h4-7,9-10,13,16H,3,8H2,1-2H3.